The highest BCUT2D eigenvalue weighted by Gasteiger charge is 2.27. The molecule has 8 heteroatoms. The average molecular weight is 293 g/mol. The molecule has 0 saturated heterocycles. The van der Waals surface area contributed by atoms with Gasteiger partial charge in [0.05, 0.1) is 6.54 Å². The second-order valence-electron chi connectivity index (χ2n) is 3.72. The summed E-state index contributed by atoms with van der Waals surface area (Å²) in [6, 6.07) is 0. The Morgan fingerprint density at radius 1 is 1.35 bits per heavy atom. The minimum atomic E-state index is -4.21. The van der Waals surface area contributed by atoms with Crippen LogP contribution in [-0.2, 0) is 4.79 Å². The van der Waals surface area contributed by atoms with Crippen LogP contribution in [0.1, 0.15) is 12.8 Å². The van der Waals surface area contributed by atoms with Gasteiger partial charge >= 0.3 is 5.51 Å². The van der Waals surface area contributed by atoms with Gasteiger partial charge in [-0.05, 0) is 37.1 Å². The number of hydrogen-bond acceptors (Lipinski definition) is 3. The predicted molar refractivity (Wildman–Crippen MR) is 64.4 cm³/mol. The molecule has 0 aromatic heterocycles. The van der Waals surface area contributed by atoms with E-state index in [0.29, 0.717) is 5.92 Å². The van der Waals surface area contributed by atoms with Crippen molar-refractivity contribution in [3.05, 3.63) is 0 Å². The van der Waals surface area contributed by atoms with E-state index >= 15 is 0 Å². The van der Waals surface area contributed by atoms with Crippen LogP contribution in [0.5, 0.6) is 0 Å². The zero-order chi connectivity index (χ0) is 12.0. The number of rotatable bonds is 7. The number of alkyl halides is 3. The quantitative estimate of drug-likeness (QED) is 0.703. The molecular weight excluding hydrogens is 277 g/mol. The van der Waals surface area contributed by atoms with Gasteiger partial charge in [0.15, 0.2) is 0 Å². The van der Waals surface area contributed by atoms with Crippen molar-refractivity contribution in [2.24, 2.45) is 5.92 Å². The normalized spacial score (nSPS) is 15.2. The van der Waals surface area contributed by atoms with Gasteiger partial charge in [-0.3, -0.25) is 4.79 Å². The SMILES string of the molecule is Cl.O=C(CNCC1CC1)NCCSC(F)(F)F. The number of amides is 1. The van der Waals surface area contributed by atoms with Crippen molar-refractivity contribution in [2.45, 2.75) is 18.3 Å². The molecule has 0 atom stereocenters. The van der Waals surface area contributed by atoms with E-state index in [1.807, 2.05) is 0 Å². The predicted octanol–water partition coefficient (Wildman–Crippen LogP) is 1.78. The van der Waals surface area contributed by atoms with E-state index in [9.17, 15) is 18.0 Å². The van der Waals surface area contributed by atoms with Crippen LogP contribution in [-0.4, -0.2) is 36.8 Å². The average Bonchev–Trinajstić information content (AvgIpc) is 2.95. The van der Waals surface area contributed by atoms with Crippen molar-refractivity contribution in [2.75, 3.05) is 25.4 Å². The fourth-order valence-corrected chi connectivity index (χ4v) is 1.57. The molecule has 0 heterocycles. The Balaban J connectivity index is 0.00000256. The molecule has 1 saturated carbocycles. The van der Waals surface area contributed by atoms with Crippen molar-refractivity contribution >= 4 is 30.1 Å². The molecular formula is C9H16ClF3N2OS. The van der Waals surface area contributed by atoms with Gasteiger partial charge < -0.3 is 10.6 Å². The summed E-state index contributed by atoms with van der Waals surface area (Å²) in [5.41, 5.74) is -4.21. The van der Waals surface area contributed by atoms with Crippen molar-refractivity contribution < 1.29 is 18.0 Å². The third-order valence-electron chi connectivity index (χ3n) is 2.11. The van der Waals surface area contributed by atoms with Gasteiger partial charge in [-0.15, -0.1) is 12.4 Å². The van der Waals surface area contributed by atoms with Crippen LogP contribution in [0.4, 0.5) is 13.2 Å². The lowest BCUT2D eigenvalue weighted by atomic mass is 10.4. The van der Waals surface area contributed by atoms with Crippen LogP contribution in [0.15, 0.2) is 0 Å². The molecule has 0 aliphatic heterocycles. The lowest BCUT2D eigenvalue weighted by Crippen LogP contribution is -2.36. The van der Waals surface area contributed by atoms with Gasteiger partial charge in [0.2, 0.25) is 5.91 Å². The lowest BCUT2D eigenvalue weighted by Gasteiger charge is -2.07. The molecule has 1 amide bonds. The molecule has 0 radical (unpaired) electrons. The summed E-state index contributed by atoms with van der Waals surface area (Å²) >= 11 is -0.121. The second kappa shape index (κ2) is 8.05. The van der Waals surface area contributed by atoms with E-state index in [4.69, 9.17) is 0 Å². The highest BCUT2D eigenvalue weighted by atomic mass is 35.5. The Morgan fingerprint density at radius 3 is 2.53 bits per heavy atom. The summed E-state index contributed by atoms with van der Waals surface area (Å²) in [6.45, 7) is 1.06. The molecule has 3 nitrogen and oxygen atoms in total. The zero-order valence-electron chi connectivity index (χ0n) is 9.18. The number of thioether (sulfide) groups is 1. The van der Waals surface area contributed by atoms with Crippen molar-refractivity contribution in [1.29, 1.82) is 0 Å². The third-order valence-corrected chi connectivity index (χ3v) is 2.84. The second-order valence-corrected chi connectivity index (χ2v) is 4.88. The Labute approximate surface area is 109 Å². The molecule has 2 N–H and O–H groups in total. The van der Waals surface area contributed by atoms with Crippen LogP contribution < -0.4 is 10.6 Å². The summed E-state index contributed by atoms with van der Waals surface area (Å²) < 4.78 is 35.1. The van der Waals surface area contributed by atoms with E-state index in [0.717, 1.165) is 6.54 Å². The highest BCUT2D eigenvalue weighted by molar-refractivity contribution is 8.00. The van der Waals surface area contributed by atoms with Gasteiger partial charge in [0, 0.05) is 12.3 Å². The Hall–Kier alpha value is -0.140. The summed E-state index contributed by atoms with van der Waals surface area (Å²) in [6.07, 6.45) is 2.41. The first-order valence-corrected chi connectivity index (χ1v) is 6.14. The molecule has 17 heavy (non-hydrogen) atoms. The molecule has 0 unspecified atom stereocenters. The highest BCUT2D eigenvalue weighted by Crippen LogP contribution is 2.29. The minimum Gasteiger partial charge on any atom is -0.354 e. The van der Waals surface area contributed by atoms with Crippen molar-refractivity contribution in [3.63, 3.8) is 0 Å². The Kier molecular flexibility index (Phi) is 7.98. The molecule has 0 aromatic carbocycles. The fraction of sp³-hybridized carbons (Fsp3) is 0.889. The lowest BCUT2D eigenvalue weighted by molar-refractivity contribution is -0.120. The maximum absolute atomic E-state index is 11.7. The van der Waals surface area contributed by atoms with E-state index in [1.165, 1.54) is 12.8 Å². The van der Waals surface area contributed by atoms with Crippen LogP contribution in [0.3, 0.4) is 0 Å². The van der Waals surface area contributed by atoms with E-state index in [-0.39, 0.29) is 48.9 Å². The largest absolute Gasteiger partial charge is 0.441 e. The molecule has 0 aromatic rings. The van der Waals surface area contributed by atoms with Crippen LogP contribution in [0.25, 0.3) is 0 Å². The monoisotopic (exact) mass is 292 g/mol. The molecule has 0 spiro atoms. The zero-order valence-corrected chi connectivity index (χ0v) is 10.8. The number of halogens is 4. The summed E-state index contributed by atoms with van der Waals surface area (Å²) in [7, 11) is 0. The summed E-state index contributed by atoms with van der Waals surface area (Å²) in [5.74, 6) is 0.301. The first-order valence-electron chi connectivity index (χ1n) is 5.15. The van der Waals surface area contributed by atoms with Crippen LogP contribution >= 0.6 is 24.2 Å². The maximum Gasteiger partial charge on any atom is 0.441 e. The number of carbonyl (C=O) groups is 1. The topological polar surface area (TPSA) is 41.1 Å². The van der Waals surface area contributed by atoms with Crippen LogP contribution in [0, 0.1) is 5.92 Å². The Morgan fingerprint density at radius 2 is 2.00 bits per heavy atom. The van der Waals surface area contributed by atoms with Gasteiger partial charge in [-0.25, -0.2) is 0 Å². The molecule has 1 aliphatic carbocycles. The van der Waals surface area contributed by atoms with Crippen molar-refractivity contribution in [3.8, 4) is 0 Å². The Bertz CT molecular complexity index is 237. The molecule has 102 valence electrons. The smallest absolute Gasteiger partial charge is 0.354 e. The standard InChI is InChI=1S/C9H15F3N2OS.ClH/c10-9(11,12)16-4-3-14-8(15)6-13-5-7-1-2-7;/h7,13H,1-6H2,(H,14,15);1H. The van der Waals surface area contributed by atoms with Gasteiger partial charge in [-0.1, -0.05) is 0 Å². The van der Waals surface area contributed by atoms with Crippen LogP contribution in [0.2, 0.25) is 0 Å². The number of nitrogens with one attached hydrogen (secondary N) is 2. The maximum atomic E-state index is 11.7. The van der Waals surface area contributed by atoms with Gasteiger partial charge in [-0.2, -0.15) is 13.2 Å². The summed E-state index contributed by atoms with van der Waals surface area (Å²) in [5, 5.41) is 5.39. The van der Waals surface area contributed by atoms with Gasteiger partial charge in [0.25, 0.3) is 0 Å². The third kappa shape index (κ3) is 10.7. The molecule has 1 aliphatic rings. The van der Waals surface area contributed by atoms with Gasteiger partial charge in [0.1, 0.15) is 0 Å². The first kappa shape index (κ1) is 16.9. The fourth-order valence-electron chi connectivity index (χ4n) is 1.13. The number of hydrogen-bond donors (Lipinski definition) is 2. The molecule has 1 fully saturated rings. The van der Waals surface area contributed by atoms with E-state index < -0.39 is 5.51 Å². The van der Waals surface area contributed by atoms with E-state index in [1.54, 1.807) is 0 Å². The van der Waals surface area contributed by atoms with E-state index in [2.05, 4.69) is 10.6 Å². The summed E-state index contributed by atoms with van der Waals surface area (Å²) in [4.78, 5) is 11.1. The first-order chi connectivity index (χ1) is 7.47. The molecule has 1 rings (SSSR count). The molecule has 0 bridgehead atoms. The minimum absolute atomic E-state index is 0. The van der Waals surface area contributed by atoms with Crippen molar-refractivity contribution in [1.82, 2.24) is 10.6 Å². The number of carbonyl (C=O) groups excluding carboxylic acids is 1.